The van der Waals surface area contributed by atoms with Gasteiger partial charge in [0.2, 0.25) is 0 Å². The second-order valence-electron chi connectivity index (χ2n) is 7.14. The van der Waals surface area contributed by atoms with Crippen LogP contribution in [-0.2, 0) is 45.7 Å². The molecule has 2 aromatic carbocycles. The molecule has 1 radical (unpaired) electrons. The Morgan fingerprint density at radius 2 is 1.65 bits per heavy atom. The number of hydrogen-bond acceptors (Lipinski definition) is 3. The van der Waals surface area contributed by atoms with Crippen molar-refractivity contribution in [1.82, 2.24) is 9.78 Å². The standard InChI is InChI=1S/C22H23ClN2O2.C2H6.CH3.Y/c1-14(2)12-19-21(26)20(17-10-6-4-8-15(17)3)22(27)25(24-19)13-16-9-5-7-11-18(16)23;1-2;;/h4-11,14,26H,12-13H2,1-3H3;1-2H3;1H3;/q;;-1;. The first-order chi connectivity index (χ1) is 13.9. The van der Waals surface area contributed by atoms with Gasteiger partial charge in [0, 0.05) is 37.7 Å². The molecule has 165 valence electrons. The first kappa shape index (κ1) is 29.5. The molecule has 1 aromatic heterocycles. The molecule has 0 atom stereocenters. The maximum atomic E-state index is 13.2. The summed E-state index contributed by atoms with van der Waals surface area (Å²) in [5.74, 6) is 0.262. The third-order valence-corrected chi connectivity index (χ3v) is 4.86. The molecule has 0 spiro atoms. The fraction of sp³-hybridized carbons (Fsp3) is 0.320. The Morgan fingerprint density at radius 1 is 1.06 bits per heavy atom. The van der Waals surface area contributed by atoms with Crippen LogP contribution < -0.4 is 5.56 Å². The largest absolute Gasteiger partial charge is 0.505 e. The molecule has 0 aliphatic rings. The van der Waals surface area contributed by atoms with Gasteiger partial charge in [-0.05, 0) is 42.0 Å². The summed E-state index contributed by atoms with van der Waals surface area (Å²) >= 11 is 6.27. The topological polar surface area (TPSA) is 55.1 Å². The van der Waals surface area contributed by atoms with Gasteiger partial charge in [0.25, 0.3) is 5.56 Å². The molecule has 0 aliphatic carbocycles. The molecule has 0 fully saturated rings. The Balaban J connectivity index is 0.00000219. The summed E-state index contributed by atoms with van der Waals surface area (Å²) < 4.78 is 1.40. The zero-order valence-electron chi connectivity index (χ0n) is 19.3. The van der Waals surface area contributed by atoms with Gasteiger partial charge in [0.05, 0.1) is 12.1 Å². The first-order valence-electron chi connectivity index (χ1n) is 10.0. The zero-order chi connectivity index (χ0) is 21.6. The Bertz CT molecular complexity index is 1030. The molecule has 3 aromatic rings. The molecule has 3 rings (SSSR count). The predicted octanol–water partition coefficient (Wildman–Crippen LogP) is 6.30. The summed E-state index contributed by atoms with van der Waals surface area (Å²) in [4.78, 5) is 13.2. The second-order valence-corrected chi connectivity index (χ2v) is 7.54. The van der Waals surface area contributed by atoms with Crippen LogP contribution in [0.2, 0.25) is 5.02 Å². The van der Waals surface area contributed by atoms with E-state index in [0.717, 1.165) is 16.7 Å². The fourth-order valence-electron chi connectivity index (χ4n) is 3.13. The molecule has 1 N–H and O–H groups in total. The van der Waals surface area contributed by atoms with Crippen molar-refractivity contribution in [3.05, 3.63) is 88.2 Å². The minimum atomic E-state index is -0.325. The third kappa shape index (κ3) is 7.27. The Hall–Kier alpha value is -1.49. The van der Waals surface area contributed by atoms with E-state index in [1.54, 1.807) is 6.07 Å². The van der Waals surface area contributed by atoms with Gasteiger partial charge >= 0.3 is 0 Å². The van der Waals surface area contributed by atoms with Crippen molar-refractivity contribution >= 4 is 11.6 Å². The smallest absolute Gasteiger partial charge is 0.278 e. The van der Waals surface area contributed by atoms with Crippen LogP contribution in [0.5, 0.6) is 5.75 Å². The molecule has 31 heavy (non-hydrogen) atoms. The molecule has 0 saturated carbocycles. The summed E-state index contributed by atoms with van der Waals surface area (Å²) in [6.07, 6.45) is 0.577. The normalized spacial score (nSPS) is 9.90. The van der Waals surface area contributed by atoms with Crippen molar-refractivity contribution < 1.29 is 37.8 Å². The number of halogens is 1. The van der Waals surface area contributed by atoms with E-state index in [4.69, 9.17) is 11.6 Å². The van der Waals surface area contributed by atoms with Crippen molar-refractivity contribution in [2.75, 3.05) is 0 Å². The average molecular weight is 517 g/mol. The van der Waals surface area contributed by atoms with Gasteiger partial charge in [-0.15, -0.1) is 0 Å². The maximum absolute atomic E-state index is 13.2. The molecule has 0 bridgehead atoms. The van der Waals surface area contributed by atoms with Gasteiger partial charge in [0.1, 0.15) is 5.69 Å². The summed E-state index contributed by atoms with van der Waals surface area (Å²) in [5.41, 5.74) is 2.96. The van der Waals surface area contributed by atoms with Crippen LogP contribution >= 0.6 is 11.6 Å². The van der Waals surface area contributed by atoms with E-state index >= 15 is 0 Å². The molecule has 0 aliphatic heterocycles. The van der Waals surface area contributed by atoms with Crippen LogP contribution in [0.15, 0.2) is 53.3 Å². The molecule has 1 heterocycles. The van der Waals surface area contributed by atoms with Crippen LogP contribution in [0.1, 0.15) is 44.5 Å². The van der Waals surface area contributed by atoms with Crippen molar-refractivity contribution in [3.63, 3.8) is 0 Å². The summed E-state index contributed by atoms with van der Waals surface area (Å²) in [6, 6.07) is 14.9. The number of benzene rings is 2. The Morgan fingerprint density at radius 3 is 2.23 bits per heavy atom. The predicted molar refractivity (Wildman–Crippen MR) is 127 cm³/mol. The molecular weight excluding hydrogens is 485 g/mol. The quantitative estimate of drug-likeness (QED) is 0.405. The van der Waals surface area contributed by atoms with Crippen LogP contribution in [0.25, 0.3) is 11.1 Å². The van der Waals surface area contributed by atoms with E-state index in [9.17, 15) is 9.90 Å². The van der Waals surface area contributed by atoms with E-state index in [-0.39, 0.29) is 58.0 Å². The molecule has 4 nitrogen and oxygen atoms in total. The van der Waals surface area contributed by atoms with Gasteiger partial charge in [-0.2, -0.15) is 5.10 Å². The van der Waals surface area contributed by atoms with Crippen molar-refractivity contribution in [1.29, 1.82) is 0 Å². The number of aryl methyl sites for hydroxylation is 1. The van der Waals surface area contributed by atoms with Crippen LogP contribution in [0, 0.1) is 20.3 Å². The average Bonchev–Trinajstić information content (AvgIpc) is 2.70. The summed E-state index contributed by atoms with van der Waals surface area (Å²) in [5, 5.41) is 15.9. The minimum Gasteiger partial charge on any atom is -0.505 e. The molecule has 0 amide bonds. The van der Waals surface area contributed by atoms with Gasteiger partial charge in [-0.25, -0.2) is 4.68 Å². The van der Waals surface area contributed by atoms with E-state index in [0.29, 0.717) is 28.6 Å². The second kappa shape index (κ2) is 13.8. The first-order valence-corrected chi connectivity index (χ1v) is 10.4. The van der Waals surface area contributed by atoms with Crippen LogP contribution in [0.4, 0.5) is 0 Å². The SMILES string of the molecule is CC.Cc1ccccc1-c1c(O)c(CC(C)C)nn(Cc2ccccc2Cl)c1=O.[CH3-].[Y]. The minimum absolute atomic E-state index is 0. The third-order valence-electron chi connectivity index (χ3n) is 4.49. The van der Waals surface area contributed by atoms with E-state index in [2.05, 4.69) is 18.9 Å². The van der Waals surface area contributed by atoms with Gasteiger partial charge in [-0.3, -0.25) is 4.79 Å². The van der Waals surface area contributed by atoms with Crippen molar-refractivity contribution in [2.45, 2.75) is 47.6 Å². The van der Waals surface area contributed by atoms with Crippen LogP contribution in [-0.4, -0.2) is 14.9 Å². The number of rotatable bonds is 5. The number of hydrogen-bond donors (Lipinski definition) is 1. The van der Waals surface area contributed by atoms with Crippen molar-refractivity contribution in [2.24, 2.45) is 5.92 Å². The van der Waals surface area contributed by atoms with Gasteiger partial charge < -0.3 is 12.5 Å². The summed E-state index contributed by atoms with van der Waals surface area (Å²) in [7, 11) is 0. The van der Waals surface area contributed by atoms with E-state index in [1.165, 1.54) is 4.68 Å². The molecule has 0 saturated heterocycles. The molecule has 0 unspecified atom stereocenters. The van der Waals surface area contributed by atoms with E-state index < -0.39 is 0 Å². The van der Waals surface area contributed by atoms with Gasteiger partial charge in [0.15, 0.2) is 5.75 Å². The zero-order valence-corrected chi connectivity index (χ0v) is 22.9. The maximum Gasteiger partial charge on any atom is 0.278 e. The van der Waals surface area contributed by atoms with Gasteiger partial charge in [-0.1, -0.05) is 81.8 Å². The Kier molecular flexibility index (Phi) is 13.2. The molecular formula is C25H32ClN2O2Y-. The number of aromatic nitrogens is 2. The monoisotopic (exact) mass is 516 g/mol. The fourth-order valence-corrected chi connectivity index (χ4v) is 3.32. The van der Waals surface area contributed by atoms with E-state index in [1.807, 2.05) is 63.2 Å². The molecule has 6 heteroatoms. The Labute approximate surface area is 216 Å². The van der Waals surface area contributed by atoms with Crippen molar-refractivity contribution in [3.8, 4) is 16.9 Å². The van der Waals surface area contributed by atoms with Crippen LogP contribution in [0.3, 0.4) is 0 Å². The number of aromatic hydroxyl groups is 1. The number of nitrogens with zero attached hydrogens (tertiary/aromatic N) is 2. The summed E-state index contributed by atoms with van der Waals surface area (Å²) in [6.45, 7) is 10.3.